The van der Waals surface area contributed by atoms with Gasteiger partial charge in [-0.1, -0.05) is 58.0 Å². The molecule has 1 fully saturated rings. The molecule has 0 saturated carbocycles. The average molecular weight is 522 g/mol. The van der Waals surface area contributed by atoms with Gasteiger partial charge in [0.15, 0.2) is 0 Å². The molecule has 1 heterocycles. The van der Waals surface area contributed by atoms with Gasteiger partial charge in [0, 0.05) is 15.8 Å². The highest BCUT2D eigenvalue weighted by molar-refractivity contribution is 9.10. The molecule has 1 aliphatic rings. The van der Waals surface area contributed by atoms with E-state index < -0.39 is 11.2 Å². The molecule has 1 saturated heterocycles. The van der Waals surface area contributed by atoms with Crippen molar-refractivity contribution in [2.75, 3.05) is 10.2 Å². The van der Waals surface area contributed by atoms with Gasteiger partial charge in [0.2, 0.25) is 5.91 Å². The van der Waals surface area contributed by atoms with Crippen LogP contribution in [-0.2, 0) is 16.0 Å². The smallest absolute Gasteiger partial charge is 0.269 e. The van der Waals surface area contributed by atoms with Crippen molar-refractivity contribution in [3.05, 3.63) is 105 Å². The van der Waals surface area contributed by atoms with Crippen LogP contribution in [0.2, 0.25) is 0 Å². The van der Waals surface area contributed by atoms with Crippen LogP contribution in [0.4, 0.5) is 15.8 Å². The number of benzene rings is 3. The van der Waals surface area contributed by atoms with E-state index >= 15 is 0 Å². The first-order valence-corrected chi connectivity index (χ1v) is 11.6. The number of para-hydroxylation sites is 1. The Kier molecular flexibility index (Phi) is 6.92. The number of halogens is 2. The number of anilines is 2. The Balaban J connectivity index is 1.70. The molecule has 1 atom stereocenters. The topological polar surface area (TPSA) is 73.2 Å². The summed E-state index contributed by atoms with van der Waals surface area (Å²) in [6.07, 6.45) is 0.337. The number of thioether (sulfide) groups is 1. The zero-order chi connectivity index (χ0) is 23.4. The summed E-state index contributed by atoms with van der Waals surface area (Å²) in [6.45, 7) is 0. The van der Waals surface area contributed by atoms with Gasteiger partial charge in [0.25, 0.3) is 5.91 Å². The molecule has 0 unspecified atom stereocenters. The first-order chi connectivity index (χ1) is 16.0. The van der Waals surface area contributed by atoms with Gasteiger partial charge in [-0.05, 0) is 60.5 Å². The lowest BCUT2D eigenvalue weighted by Crippen LogP contribution is -2.30. The molecule has 2 amide bonds. The van der Waals surface area contributed by atoms with Crippen molar-refractivity contribution in [2.24, 2.45) is 0 Å². The standard InChI is InChI=1S/C25H17BrFN3O2S/c26-17-8-12-19(13-9-17)29-23(31)21(15-28)25-30(20-4-2-1-3-5-20)24(32)22(33-25)14-16-6-10-18(27)11-7-16/h1-13,22H,14H2,(H,29,31)/b25-21-/t22-/m1/s1. The zero-order valence-corrected chi connectivity index (χ0v) is 19.6. The number of carbonyl (C=O) groups excluding carboxylic acids is 2. The largest absolute Gasteiger partial charge is 0.321 e. The molecular formula is C25H17BrFN3O2S. The number of amides is 2. The van der Waals surface area contributed by atoms with Gasteiger partial charge in [-0.2, -0.15) is 5.26 Å². The molecule has 0 bridgehead atoms. The van der Waals surface area contributed by atoms with Crippen molar-refractivity contribution in [1.82, 2.24) is 0 Å². The molecule has 1 aliphatic heterocycles. The van der Waals surface area contributed by atoms with E-state index in [2.05, 4.69) is 21.2 Å². The summed E-state index contributed by atoms with van der Waals surface area (Å²) in [5, 5.41) is 12.3. The highest BCUT2D eigenvalue weighted by atomic mass is 79.9. The maximum Gasteiger partial charge on any atom is 0.269 e. The molecule has 0 aliphatic carbocycles. The fourth-order valence-electron chi connectivity index (χ4n) is 3.36. The van der Waals surface area contributed by atoms with Gasteiger partial charge in [0.1, 0.15) is 22.5 Å². The van der Waals surface area contributed by atoms with Crippen molar-refractivity contribution in [2.45, 2.75) is 11.7 Å². The molecular weight excluding hydrogens is 505 g/mol. The van der Waals surface area contributed by atoms with E-state index in [0.717, 1.165) is 10.0 Å². The quantitative estimate of drug-likeness (QED) is 0.347. The molecule has 3 aromatic carbocycles. The predicted molar refractivity (Wildman–Crippen MR) is 131 cm³/mol. The molecule has 8 heteroatoms. The number of rotatable bonds is 5. The third-order valence-electron chi connectivity index (χ3n) is 4.96. The van der Waals surface area contributed by atoms with Gasteiger partial charge in [-0.25, -0.2) is 4.39 Å². The average Bonchev–Trinajstić information content (AvgIpc) is 3.13. The van der Waals surface area contributed by atoms with E-state index in [1.165, 1.54) is 28.8 Å². The van der Waals surface area contributed by atoms with E-state index in [1.807, 2.05) is 12.1 Å². The first-order valence-electron chi connectivity index (χ1n) is 9.97. The fourth-order valence-corrected chi connectivity index (χ4v) is 4.93. The van der Waals surface area contributed by atoms with Crippen LogP contribution >= 0.6 is 27.7 Å². The van der Waals surface area contributed by atoms with Gasteiger partial charge >= 0.3 is 0 Å². The Labute approximate surface area is 203 Å². The normalized spacial score (nSPS) is 16.9. The van der Waals surface area contributed by atoms with Crippen LogP contribution in [0.15, 0.2) is 93.9 Å². The Morgan fingerprint density at radius 3 is 2.36 bits per heavy atom. The monoisotopic (exact) mass is 521 g/mol. The summed E-state index contributed by atoms with van der Waals surface area (Å²) in [7, 11) is 0. The second-order valence-corrected chi connectivity index (χ2v) is 9.31. The highest BCUT2D eigenvalue weighted by Crippen LogP contribution is 2.42. The molecule has 3 aromatic rings. The van der Waals surface area contributed by atoms with Crippen molar-refractivity contribution >= 4 is 50.9 Å². The predicted octanol–water partition coefficient (Wildman–Crippen LogP) is 5.65. The van der Waals surface area contributed by atoms with Crippen LogP contribution in [0.25, 0.3) is 0 Å². The number of carbonyl (C=O) groups is 2. The van der Waals surface area contributed by atoms with Crippen LogP contribution in [0.1, 0.15) is 5.56 Å². The molecule has 5 nitrogen and oxygen atoms in total. The van der Waals surface area contributed by atoms with Gasteiger partial charge in [-0.3, -0.25) is 14.5 Å². The summed E-state index contributed by atoms with van der Waals surface area (Å²) >= 11 is 4.51. The third kappa shape index (κ3) is 5.16. The van der Waals surface area contributed by atoms with Crippen molar-refractivity contribution in [1.29, 1.82) is 5.26 Å². The van der Waals surface area contributed by atoms with E-state index in [0.29, 0.717) is 17.8 Å². The molecule has 33 heavy (non-hydrogen) atoms. The first kappa shape index (κ1) is 22.8. The van der Waals surface area contributed by atoms with Crippen LogP contribution in [-0.4, -0.2) is 17.1 Å². The van der Waals surface area contributed by atoms with Gasteiger partial charge < -0.3 is 5.32 Å². The molecule has 0 spiro atoms. The molecule has 0 radical (unpaired) electrons. The van der Waals surface area contributed by atoms with E-state index in [9.17, 15) is 19.2 Å². The summed E-state index contributed by atoms with van der Waals surface area (Å²) in [6, 6.07) is 23.8. The van der Waals surface area contributed by atoms with Crippen molar-refractivity contribution in [3.8, 4) is 6.07 Å². The second kappa shape index (κ2) is 10.0. The zero-order valence-electron chi connectivity index (χ0n) is 17.2. The fraction of sp³-hybridized carbons (Fsp3) is 0.0800. The Hall–Kier alpha value is -3.41. The lowest BCUT2D eigenvalue weighted by atomic mass is 10.1. The van der Waals surface area contributed by atoms with Crippen LogP contribution in [0.5, 0.6) is 0 Å². The van der Waals surface area contributed by atoms with Gasteiger partial charge in [0.05, 0.1) is 5.25 Å². The number of nitrogens with one attached hydrogen (secondary N) is 1. The maximum absolute atomic E-state index is 13.4. The summed E-state index contributed by atoms with van der Waals surface area (Å²) in [5.41, 5.74) is 1.73. The van der Waals surface area contributed by atoms with Crippen LogP contribution in [0.3, 0.4) is 0 Å². The van der Waals surface area contributed by atoms with E-state index in [1.54, 1.807) is 60.7 Å². The number of nitrogens with zero attached hydrogens (tertiary/aromatic N) is 2. The molecule has 164 valence electrons. The number of nitriles is 1. The summed E-state index contributed by atoms with van der Waals surface area (Å²) in [5.74, 6) is -1.19. The molecule has 1 N–H and O–H groups in total. The Morgan fingerprint density at radius 1 is 1.06 bits per heavy atom. The lowest BCUT2D eigenvalue weighted by molar-refractivity contribution is -0.117. The maximum atomic E-state index is 13.4. The second-order valence-electron chi connectivity index (χ2n) is 7.20. The number of hydrogen-bond acceptors (Lipinski definition) is 4. The van der Waals surface area contributed by atoms with Crippen molar-refractivity contribution in [3.63, 3.8) is 0 Å². The lowest BCUT2D eigenvalue weighted by Gasteiger charge is -2.18. The minimum Gasteiger partial charge on any atom is -0.321 e. The summed E-state index contributed by atoms with van der Waals surface area (Å²) in [4.78, 5) is 27.8. The van der Waals surface area contributed by atoms with E-state index in [4.69, 9.17) is 0 Å². The van der Waals surface area contributed by atoms with E-state index in [-0.39, 0.29) is 22.3 Å². The Morgan fingerprint density at radius 2 is 1.73 bits per heavy atom. The summed E-state index contributed by atoms with van der Waals surface area (Å²) < 4.78 is 14.1. The van der Waals surface area contributed by atoms with Gasteiger partial charge in [-0.15, -0.1) is 0 Å². The number of hydrogen-bond donors (Lipinski definition) is 1. The van der Waals surface area contributed by atoms with Crippen LogP contribution < -0.4 is 10.2 Å². The minimum atomic E-state index is -0.599. The Bertz CT molecular complexity index is 1260. The van der Waals surface area contributed by atoms with Crippen molar-refractivity contribution < 1.29 is 14.0 Å². The third-order valence-corrected chi connectivity index (χ3v) is 6.75. The minimum absolute atomic E-state index is 0.151. The SMILES string of the molecule is N#C/C(C(=O)Nc1ccc(Br)cc1)=C1/S[C@H](Cc2ccc(F)cc2)C(=O)N1c1ccccc1. The molecule has 4 rings (SSSR count). The van der Waals surface area contributed by atoms with Crippen LogP contribution in [0, 0.1) is 17.1 Å². The molecule has 0 aromatic heterocycles. The highest BCUT2D eigenvalue weighted by Gasteiger charge is 2.40.